The van der Waals surface area contributed by atoms with E-state index in [0.717, 1.165) is 37.1 Å². The molecule has 3 amide bonds. The van der Waals surface area contributed by atoms with Crippen LogP contribution in [0.2, 0.25) is 0 Å². The predicted octanol–water partition coefficient (Wildman–Crippen LogP) is 2.29. The van der Waals surface area contributed by atoms with E-state index in [4.69, 9.17) is 0 Å². The maximum atomic E-state index is 13.5. The van der Waals surface area contributed by atoms with E-state index in [1.54, 1.807) is 24.5 Å². The second-order valence-electron chi connectivity index (χ2n) is 7.53. The lowest BCUT2D eigenvalue weighted by atomic mass is 9.75. The summed E-state index contributed by atoms with van der Waals surface area (Å²) in [6, 6.07) is 12.8. The smallest absolute Gasteiger partial charge is 0.241 e. The molecule has 0 aliphatic carbocycles. The topological polar surface area (TPSA) is 70.6 Å². The van der Waals surface area contributed by atoms with Crippen LogP contribution >= 0.6 is 0 Å². The summed E-state index contributed by atoms with van der Waals surface area (Å²) in [6.07, 6.45) is 5.33. The number of amides is 3. The minimum Gasteiger partial charge on any atom is -0.343 e. The summed E-state index contributed by atoms with van der Waals surface area (Å²) in [5, 5.41) is 0. The average molecular weight is 377 g/mol. The van der Waals surface area contributed by atoms with Crippen LogP contribution in [-0.4, -0.2) is 45.6 Å². The number of carbonyl (C=O) groups is 3. The fourth-order valence-corrected chi connectivity index (χ4v) is 4.19. The van der Waals surface area contributed by atoms with Crippen molar-refractivity contribution >= 4 is 17.7 Å². The highest BCUT2D eigenvalue weighted by atomic mass is 16.2. The van der Waals surface area contributed by atoms with Gasteiger partial charge in [0.2, 0.25) is 17.7 Å². The quantitative estimate of drug-likeness (QED) is 0.750. The van der Waals surface area contributed by atoms with Gasteiger partial charge in [0, 0.05) is 38.3 Å². The number of benzene rings is 1. The van der Waals surface area contributed by atoms with Crippen LogP contribution in [0.4, 0.5) is 0 Å². The first-order chi connectivity index (χ1) is 13.6. The fraction of sp³-hybridized carbons (Fsp3) is 0.364. The molecule has 2 aliphatic heterocycles. The van der Waals surface area contributed by atoms with E-state index in [0.29, 0.717) is 0 Å². The largest absolute Gasteiger partial charge is 0.343 e. The van der Waals surface area contributed by atoms with Crippen molar-refractivity contribution in [1.29, 1.82) is 0 Å². The molecule has 4 rings (SSSR count). The van der Waals surface area contributed by atoms with Gasteiger partial charge in [-0.25, -0.2) is 0 Å². The SMILES string of the molecule is O=C(C[C@@]1(c2ccccc2)CC(=O)N(Cc2ccncc2)C1=O)N1CCCC1. The Hall–Kier alpha value is -3.02. The van der Waals surface area contributed by atoms with E-state index in [9.17, 15) is 14.4 Å². The van der Waals surface area contributed by atoms with Crippen LogP contribution in [-0.2, 0) is 26.3 Å². The second-order valence-corrected chi connectivity index (χ2v) is 7.53. The van der Waals surface area contributed by atoms with Gasteiger partial charge in [0.15, 0.2) is 0 Å². The van der Waals surface area contributed by atoms with Crippen LogP contribution in [0.25, 0.3) is 0 Å². The van der Waals surface area contributed by atoms with Crippen LogP contribution in [0.15, 0.2) is 54.9 Å². The zero-order chi connectivity index (χ0) is 19.6. The Morgan fingerprint density at radius 2 is 1.68 bits per heavy atom. The van der Waals surface area contributed by atoms with Crippen LogP contribution in [0.1, 0.15) is 36.8 Å². The standard InChI is InChI=1S/C22H23N3O3/c26-19(24-12-4-5-13-24)14-22(18-6-2-1-3-7-18)15-20(27)25(21(22)28)16-17-8-10-23-11-9-17/h1-3,6-11H,4-5,12-16H2/t22-/m0/s1. The predicted molar refractivity (Wildman–Crippen MR) is 103 cm³/mol. The third kappa shape index (κ3) is 3.30. The molecule has 1 aromatic carbocycles. The van der Waals surface area contributed by atoms with Crippen molar-refractivity contribution in [1.82, 2.24) is 14.8 Å². The highest BCUT2D eigenvalue weighted by Crippen LogP contribution is 2.41. The van der Waals surface area contributed by atoms with Gasteiger partial charge in [-0.1, -0.05) is 30.3 Å². The molecule has 0 unspecified atom stereocenters. The number of hydrogen-bond acceptors (Lipinski definition) is 4. The first-order valence-corrected chi connectivity index (χ1v) is 9.67. The monoisotopic (exact) mass is 377 g/mol. The van der Waals surface area contributed by atoms with Gasteiger partial charge < -0.3 is 4.90 Å². The lowest BCUT2D eigenvalue weighted by molar-refractivity contribution is -0.143. The van der Waals surface area contributed by atoms with Gasteiger partial charge >= 0.3 is 0 Å². The molecule has 6 heteroatoms. The van der Waals surface area contributed by atoms with Gasteiger partial charge in [0.25, 0.3) is 0 Å². The van der Waals surface area contributed by atoms with E-state index in [-0.39, 0.29) is 37.1 Å². The molecule has 1 atom stereocenters. The minimum atomic E-state index is -1.12. The molecule has 0 bridgehead atoms. The van der Waals surface area contributed by atoms with Crippen molar-refractivity contribution in [3.63, 3.8) is 0 Å². The number of aromatic nitrogens is 1. The zero-order valence-electron chi connectivity index (χ0n) is 15.7. The molecule has 28 heavy (non-hydrogen) atoms. The Balaban J connectivity index is 1.66. The molecule has 2 saturated heterocycles. The van der Waals surface area contributed by atoms with Gasteiger partial charge in [0.05, 0.1) is 12.0 Å². The van der Waals surface area contributed by atoms with Crippen LogP contribution in [0.5, 0.6) is 0 Å². The van der Waals surface area contributed by atoms with E-state index in [1.165, 1.54) is 4.90 Å². The molecule has 1 aromatic heterocycles. The Kier molecular flexibility index (Phi) is 4.94. The molecule has 0 radical (unpaired) electrons. The number of likely N-dealkylation sites (tertiary alicyclic amines) is 2. The van der Waals surface area contributed by atoms with Crippen LogP contribution in [0, 0.1) is 0 Å². The summed E-state index contributed by atoms with van der Waals surface area (Å²) in [5.41, 5.74) is 0.454. The normalized spacial score (nSPS) is 22.1. The summed E-state index contributed by atoms with van der Waals surface area (Å²) in [4.78, 5) is 46.4. The number of carbonyl (C=O) groups excluding carboxylic acids is 3. The number of pyridine rings is 1. The highest BCUT2D eigenvalue weighted by Gasteiger charge is 2.54. The van der Waals surface area contributed by atoms with Crippen molar-refractivity contribution in [2.24, 2.45) is 0 Å². The first-order valence-electron chi connectivity index (χ1n) is 9.67. The molecule has 2 aliphatic rings. The second kappa shape index (κ2) is 7.54. The number of rotatable bonds is 5. The number of imide groups is 1. The maximum Gasteiger partial charge on any atom is 0.241 e. The van der Waals surface area contributed by atoms with E-state index >= 15 is 0 Å². The molecule has 0 spiro atoms. The average Bonchev–Trinajstić information content (AvgIpc) is 3.34. The van der Waals surface area contributed by atoms with Gasteiger partial charge in [-0.3, -0.25) is 24.3 Å². The van der Waals surface area contributed by atoms with Gasteiger partial charge in [-0.05, 0) is 36.1 Å². The molecular formula is C22H23N3O3. The van der Waals surface area contributed by atoms with Gasteiger partial charge in [-0.2, -0.15) is 0 Å². The van der Waals surface area contributed by atoms with Crippen LogP contribution < -0.4 is 0 Å². The molecule has 6 nitrogen and oxygen atoms in total. The lowest BCUT2D eigenvalue weighted by Crippen LogP contribution is -2.42. The molecule has 0 N–H and O–H groups in total. The lowest BCUT2D eigenvalue weighted by Gasteiger charge is -2.29. The summed E-state index contributed by atoms with van der Waals surface area (Å²) in [6.45, 7) is 1.66. The van der Waals surface area contributed by atoms with Gasteiger partial charge in [0.1, 0.15) is 0 Å². The number of nitrogens with zero attached hydrogens (tertiary/aromatic N) is 3. The third-order valence-corrected chi connectivity index (χ3v) is 5.74. The Labute approximate surface area is 164 Å². The molecule has 144 valence electrons. The molecule has 2 fully saturated rings. The van der Waals surface area contributed by atoms with Crippen molar-refractivity contribution in [3.05, 3.63) is 66.0 Å². The van der Waals surface area contributed by atoms with E-state index < -0.39 is 5.41 Å². The first kappa shape index (κ1) is 18.3. The summed E-state index contributed by atoms with van der Waals surface area (Å²) >= 11 is 0. The summed E-state index contributed by atoms with van der Waals surface area (Å²) < 4.78 is 0. The van der Waals surface area contributed by atoms with Crippen LogP contribution in [0.3, 0.4) is 0 Å². The molecule has 3 heterocycles. The van der Waals surface area contributed by atoms with Crippen molar-refractivity contribution in [2.75, 3.05) is 13.1 Å². The minimum absolute atomic E-state index is 0.0283. The highest BCUT2D eigenvalue weighted by molar-refractivity contribution is 6.10. The van der Waals surface area contributed by atoms with E-state index in [2.05, 4.69) is 4.98 Å². The summed E-state index contributed by atoms with van der Waals surface area (Å²) in [7, 11) is 0. The molecular weight excluding hydrogens is 354 g/mol. The third-order valence-electron chi connectivity index (χ3n) is 5.74. The zero-order valence-corrected chi connectivity index (χ0v) is 15.7. The Morgan fingerprint density at radius 1 is 1.00 bits per heavy atom. The summed E-state index contributed by atoms with van der Waals surface area (Å²) in [5.74, 6) is -0.568. The van der Waals surface area contributed by atoms with Gasteiger partial charge in [-0.15, -0.1) is 0 Å². The number of hydrogen-bond donors (Lipinski definition) is 0. The Bertz CT molecular complexity index is 878. The van der Waals surface area contributed by atoms with Crippen molar-refractivity contribution in [2.45, 2.75) is 37.6 Å². The van der Waals surface area contributed by atoms with Crippen molar-refractivity contribution in [3.8, 4) is 0 Å². The van der Waals surface area contributed by atoms with E-state index in [1.807, 2.05) is 35.2 Å². The van der Waals surface area contributed by atoms with Crippen molar-refractivity contribution < 1.29 is 14.4 Å². The molecule has 2 aromatic rings. The fourth-order valence-electron chi connectivity index (χ4n) is 4.19. The molecule has 0 saturated carbocycles. The Morgan fingerprint density at radius 3 is 2.36 bits per heavy atom. The maximum absolute atomic E-state index is 13.5.